The Hall–Kier alpha value is -1.35. The van der Waals surface area contributed by atoms with Crippen molar-refractivity contribution in [1.29, 1.82) is 0 Å². The molecule has 4 N–H and O–H groups in total. The molecule has 12 heavy (non-hydrogen) atoms. The molecule has 0 saturated carbocycles. The monoisotopic (exact) mass is 166 g/mol. The highest BCUT2D eigenvalue weighted by Crippen LogP contribution is 2.12. The topological polar surface area (TPSA) is 52.0 Å². The van der Waals surface area contributed by atoms with E-state index in [2.05, 4.69) is 0 Å². The molecule has 0 saturated heterocycles. The van der Waals surface area contributed by atoms with Crippen molar-refractivity contribution in [2.24, 2.45) is 5.73 Å². The van der Waals surface area contributed by atoms with Crippen molar-refractivity contribution in [2.45, 2.75) is 0 Å². The smallest absolute Gasteiger partial charge is 0.132 e. The van der Waals surface area contributed by atoms with Crippen LogP contribution in [0.2, 0.25) is 0 Å². The van der Waals surface area contributed by atoms with Crippen molar-refractivity contribution < 1.29 is 4.39 Å². The first kappa shape index (κ1) is 8.74. The van der Waals surface area contributed by atoms with E-state index >= 15 is 0 Å². The summed E-state index contributed by atoms with van der Waals surface area (Å²) in [7, 11) is 0. The van der Waals surface area contributed by atoms with Crippen LogP contribution in [0.5, 0.6) is 0 Å². The summed E-state index contributed by atoms with van der Waals surface area (Å²) in [6, 6.07) is 4.56. The molecule has 0 radical (unpaired) electrons. The fourth-order valence-electron chi connectivity index (χ4n) is 0.874. The zero-order valence-corrected chi connectivity index (χ0v) is 6.63. The van der Waals surface area contributed by atoms with E-state index in [1.54, 1.807) is 24.3 Å². The fourth-order valence-corrected chi connectivity index (χ4v) is 0.874. The molecule has 0 unspecified atom stereocenters. The highest BCUT2D eigenvalue weighted by Gasteiger charge is 1.96. The summed E-state index contributed by atoms with van der Waals surface area (Å²) in [6.07, 6.45) is 3.32. The van der Waals surface area contributed by atoms with Crippen LogP contribution in [0.4, 0.5) is 10.1 Å². The maximum atomic E-state index is 13.0. The summed E-state index contributed by atoms with van der Waals surface area (Å²) in [5.41, 5.74) is 11.5. The van der Waals surface area contributed by atoms with Gasteiger partial charge in [0, 0.05) is 17.8 Å². The van der Waals surface area contributed by atoms with Crippen LogP contribution in [-0.4, -0.2) is 6.54 Å². The van der Waals surface area contributed by atoms with E-state index in [0.29, 0.717) is 17.8 Å². The molecule has 0 aliphatic heterocycles. The Morgan fingerprint density at radius 1 is 1.42 bits per heavy atom. The second-order valence-electron chi connectivity index (χ2n) is 2.42. The van der Waals surface area contributed by atoms with E-state index in [0.717, 1.165) is 0 Å². The molecular formula is C9H11FN2. The Labute approximate surface area is 70.7 Å². The van der Waals surface area contributed by atoms with E-state index in [4.69, 9.17) is 11.5 Å². The Morgan fingerprint density at radius 3 is 2.75 bits per heavy atom. The lowest BCUT2D eigenvalue weighted by molar-refractivity contribution is 0.626. The lowest BCUT2D eigenvalue weighted by Gasteiger charge is -1.97. The number of hydrogen-bond donors (Lipinski definition) is 2. The molecule has 0 atom stereocenters. The van der Waals surface area contributed by atoms with Gasteiger partial charge >= 0.3 is 0 Å². The Morgan fingerprint density at radius 2 is 2.17 bits per heavy atom. The number of halogens is 1. The van der Waals surface area contributed by atoms with Gasteiger partial charge in [-0.3, -0.25) is 0 Å². The summed E-state index contributed by atoms with van der Waals surface area (Å²) in [6.45, 7) is 0.407. The van der Waals surface area contributed by atoms with Crippen LogP contribution in [0.1, 0.15) is 5.56 Å². The van der Waals surface area contributed by atoms with Crippen molar-refractivity contribution >= 4 is 11.8 Å². The van der Waals surface area contributed by atoms with Crippen LogP contribution in [0.25, 0.3) is 6.08 Å². The van der Waals surface area contributed by atoms with Crippen LogP contribution in [0.15, 0.2) is 24.3 Å². The Kier molecular flexibility index (Phi) is 2.82. The molecule has 0 amide bonds. The number of nitrogens with two attached hydrogens (primary N) is 2. The summed E-state index contributed by atoms with van der Waals surface area (Å²) < 4.78 is 13.0. The molecule has 1 aromatic carbocycles. The minimum absolute atomic E-state index is 0.320. The average Bonchev–Trinajstić information content (AvgIpc) is 2.03. The molecule has 0 aliphatic rings. The third kappa shape index (κ3) is 2.07. The van der Waals surface area contributed by atoms with E-state index in [-0.39, 0.29) is 5.82 Å². The van der Waals surface area contributed by atoms with Crippen molar-refractivity contribution in [3.8, 4) is 0 Å². The quantitative estimate of drug-likeness (QED) is 0.652. The van der Waals surface area contributed by atoms with Gasteiger partial charge in [0.05, 0.1) is 0 Å². The first-order valence-corrected chi connectivity index (χ1v) is 3.65. The summed E-state index contributed by atoms with van der Waals surface area (Å²) in [5, 5.41) is 0. The normalized spacial score (nSPS) is 10.8. The summed E-state index contributed by atoms with van der Waals surface area (Å²) in [5.74, 6) is -0.320. The van der Waals surface area contributed by atoms with Crippen LogP contribution < -0.4 is 11.5 Å². The van der Waals surface area contributed by atoms with Gasteiger partial charge in [0.2, 0.25) is 0 Å². The van der Waals surface area contributed by atoms with Gasteiger partial charge in [-0.1, -0.05) is 18.2 Å². The molecule has 0 heterocycles. The maximum absolute atomic E-state index is 13.0. The second-order valence-corrected chi connectivity index (χ2v) is 2.42. The minimum Gasteiger partial charge on any atom is -0.399 e. The van der Waals surface area contributed by atoms with Gasteiger partial charge in [0.1, 0.15) is 5.82 Å². The highest BCUT2D eigenvalue weighted by atomic mass is 19.1. The highest BCUT2D eigenvalue weighted by molar-refractivity contribution is 5.54. The summed E-state index contributed by atoms with van der Waals surface area (Å²) >= 11 is 0. The molecule has 0 aromatic heterocycles. The molecule has 1 rings (SSSR count). The molecule has 64 valence electrons. The van der Waals surface area contributed by atoms with Gasteiger partial charge in [-0.15, -0.1) is 0 Å². The number of benzene rings is 1. The maximum Gasteiger partial charge on any atom is 0.132 e. The molecule has 1 aromatic rings. The predicted octanol–water partition coefficient (Wildman–Crippen LogP) is 1.38. The lowest BCUT2D eigenvalue weighted by atomic mass is 10.2. The van der Waals surface area contributed by atoms with Gasteiger partial charge in [-0.05, 0) is 12.1 Å². The van der Waals surface area contributed by atoms with Gasteiger partial charge in [0.25, 0.3) is 0 Å². The third-order valence-corrected chi connectivity index (χ3v) is 1.46. The van der Waals surface area contributed by atoms with Gasteiger partial charge in [-0.2, -0.15) is 0 Å². The van der Waals surface area contributed by atoms with Crippen LogP contribution in [-0.2, 0) is 0 Å². The number of anilines is 1. The van der Waals surface area contributed by atoms with Gasteiger partial charge in [0.15, 0.2) is 0 Å². The molecule has 0 spiro atoms. The van der Waals surface area contributed by atoms with Crippen LogP contribution in [0, 0.1) is 5.82 Å². The van der Waals surface area contributed by atoms with Crippen molar-refractivity contribution in [2.75, 3.05) is 12.3 Å². The molecule has 3 heteroatoms. The van der Waals surface area contributed by atoms with E-state index < -0.39 is 0 Å². The van der Waals surface area contributed by atoms with E-state index in [9.17, 15) is 4.39 Å². The fraction of sp³-hybridized carbons (Fsp3) is 0.111. The van der Waals surface area contributed by atoms with E-state index in [1.807, 2.05) is 0 Å². The standard InChI is InChI=1S/C9H11FN2/c10-9-6-8(12)4-3-7(9)2-1-5-11/h1-4,6H,5,11-12H2. The SMILES string of the molecule is NCC=Cc1ccc(N)cc1F. The first-order valence-electron chi connectivity index (χ1n) is 3.65. The molecule has 2 nitrogen and oxygen atoms in total. The minimum atomic E-state index is -0.320. The number of nitrogen functional groups attached to an aromatic ring is 1. The third-order valence-electron chi connectivity index (χ3n) is 1.46. The Balaban J connectivity index is 2.94. The van der Waals surface area contributed by atoms with Crippen LogP contribution in [0.3, 0.4) is 0 Å². The predicted molar refractivity (Wildman–Crippen MR) is 48.9 cm³/mol. The second kappa shape index (κ2) is 3.88. The zero-order chi connectivity index (χ0) is 8.97. The zero-order valence-electron chi connectivity index (χ0n) is 6.63. The van der Waals surface area contributed by atoms with Crippen LogP contribution >= 0.6 is 0 Å². The number of rotatable bonds is 2. The summed E-state index contributed by atoms with van der Waals surface area (Å²) in [4.78, 5) is 0. The van der Waals surface area contributed by atoms with E-state index in [1.165, 1.54) is 6.07 Å². The largest absolute Gasteiger partial charge is 0.399 e. The molecule has 0 fully saturated rings. The average molecular weight is 166 g/mol. The molecular weight excluding hydrogens is 155 g/mol. The van der Waals surface area contributed by atoms with Crippen molar-refractivity contribution in [3.05, 3.63) is 35.7 Å². The number of hydrogen-bond acceptors (Lipinski definition) is 2. The Bertz CT molecular complexity index is 295. The first-order chi connectivity index (χ1) is 5.74. The van der Waals surface area contributed by atoms with Gasteiger partial charge in [-0.25, -0.2) is 4.39 Å². The lowest BCUT2D eigenvalue weighted by Crippen LogP contribution is -1.93. The van der Waals surface area contributed by atoms with Crippen molar-refractivity contribution in [3.63, 3.8) is 0 Å². The van der Waals surface area contributed by atoms with Crippen molar-refractivity contribution in [1.82, 2.24) is 0 Å². The van der Waals surface area contributed by atoms with Gasteiger partial charge < -0.3 is 11.5 Å². The molecule has 0 aliphatic carbocycles. The molecule has 0 bridgehead atoms.